The predicted octanol–water partition coefficient (Wildman–Crippen LogP) is 4.70. The average Bonchev–Trinajstić information content (AvgIpc) is 2.37. The van der Waals surface area contributed by atoms with E-state index in [0.29, 0.717) is 6.61 Å². The van der Waals surface area contributed by atoms with E-state index in [1.165, 1.54) is 0 Å². The van der Waals surface area contributed by atoms with Crippen LogP contribution in [0.4, 0.5) is 0 Å². The van der Waals surface area contributed by atoms with Crippen LogP contribution in [0.3, 0.4) is 0 Å². The molecule has 0 amide bonds. The van der Waals surface area contributed by atoms with Gasteiger partial charge in [-0.2, -0.15) is 0 Å². The van der Waals surface area contributed by atoms with E-state index in [-0.39, 0.29) is 23.0 Å². The molecule has 0 saturated carbocycles. The standard InChI is InChI=1S/C16H34O4Si/c1-9-11-12-14(13(3)15(17)18-10-2)19-20-21(7,8)16(4,5)6/h13-14H,9-12H2,1-8H3. The lowest BCUT2D eigenvalue weighted by Gasteiger charge is -2.36. The summed E-state index contributed by atoms with van der Waals surface area (Å²) in [7, 11) is -1.98. The Kier molecular flexibility index (Phi) is 8.74. The van der Waals surface area contributed by atoms with Crippen molar-refractivity contribution in [1.29, 1.82) is 0 Å². The van der Waals surface area contributed by atoms with Crippen LogP contribution in [-0.4, -0.2) is 27.0 Å². The number of esters is 1. The third kappa shape index (κ3) is 6.93. The maximum atomic E-state index is 11.9. The van der Waals surface area contributed by atoms with Gasteiger partial charge in [-0.15, -0.1) is 0 Å². The first-order chi connectivity index (χ1) is 9.56. The Bertz CT molecular complexity index is 310. The number of ether oxygens (including phenoxy) is 1. The molecule has 0 radical (unpaired) electrons. The fourth-order valence-electron chi connectivity index (χ4n) is 1.52. The molecule has 2 atom stereocenters. The van der Waals surface area contributed by atoms with Crippen molar-refractivity contribution in [3.63, 3.8) is 0 Å². The van der Waals surface area contributed by atoms with Crippen molar-refractivity contribution in [2.24, 2.45) is 5.92 Å². The predicted molar refractivity (Wildman–Crippen MR) is 88.5 cm³/mol. The SMILES string of the molecule is CCCCC(OO[Si](C)(C)C(C)(C)C)C(C)C(=O)OCC. The summed E-state index contributed by atoms with van der Waals surface area (Å²) in [6.45, 7) is 17.0. The summed E-state index contributed by atoms with van der Waals surface area (Å²) in [4.78, 5) is 17.6. The molecule has 21 heavy (non-hydrogen) atoms. The van der Waals surface area contributed by atoms with E-state index >= 15 is 0 Å². The number of carbonyl (C=O) groups excluding carboxylic acids is 1. The number of hydrogen-bond donors (Lipinski definition) is 0. The molecule has 0 N–H and O–H groups in total. The molecular formula is C16H34O4Si. The Balaban J connectivity index is 4.74. The van der Waals surface area contributed by atoms with E-state index in [0.717, 1.165) is 19.3 Å². The molecule has 0 aliphatic carbocycles. The second-order valence-corrected chi connectivity index (χ2v) is 11.8. The van der Waals surface area contributed by atoms with E-state index in [2.05, 4.69) is 40.8 Å². The van der Waals surface area contributed by atoms with Gasteiger partial charge in [-0.05, 0) is 38.4 Å². The zero-order valence-corrected chi connectivity index (χ0v) is 16.1. The fourth-order valence-corrected chi connectivity index (χ4v) is 2.13. The van der Waals surface area contributed by atoms with Crippen LogP contribution >= 0.6 is 0 Å². The summed E-state index contributed by atoms with van der Waals surface area (Å²) in [6, 6.07) is 0. The van der Waals surface area contributed by atoms with Crippen molar-refractivity contribution < 1.29 is 19.0 Å². The second kappa shape index (κ2) is 8.91. The van der Waals surface area contributed by atoms with Crippen LogP contribution in [0.5, 0.6) is 0 Å². The van der Waals surface area contributed by atoms with Crippen molar-refractivity contribution in [1.82, 2.24) is 0 Å². The summed E-state index contributed by atoms with van der Waals surface area (Å²) in [6.07, 6.45) is 2.65. The molecule has 0 heterocycles. The van der Waals surface area contributed by atoms with E-state index in [1.807, 2.05) is 13.8 Å². The molecule has 126 valence electrons. The molecule has 0 aromatic rings. The van der Waals surface area contributed by atoms with Gasteiger partial charge in [0.1, 0.15) is 6.10 Å². The van der Waals surface area contributed by atoms with Crippen molar-refractivity contribution in [2.75, 3.05) is 6.61 Å². The van der Waals surface area contributed by atoms with E-state index in [1.54, 1.807) is 0 Å². The zero-order chi connectivity index (χ0) is 16.7. The quantitative estimate of drug-likeness (QED) is 0.267. The average molecular weight is 319 g/mol. The van der Waals surface area contributed by atoms with E-state index in [4.69, 9.17) is 14.2 Å². The van der Waals surface area contributed by atoms with Crippen LogP contribution in [0.2, 0.25) is 18.1 Å². The molecule has 5 heteroatoms. The highest BCUT2D eigenvalue weighted by Gasteiger charge is 2.40. The molecule has 0 spiro atoms. The highest BCUT2D eigenvalue weighted by atomic mass is 28.4. The lowest BCUT2D eigenvalue weighted by atomic mass is 10.00. The van der Waals surface area contributed by atoms with Gasteiger partial charge in [-0.25, -0.2) is 4.89 Å². The van der Waals surface area contributed by atoms with Crippen molar-refractivity contribution in [3.8, 4) is 0 Å². The molecule has 2 unspecified atom stereocenters. The van der Waals surface area contributed by atoms with Crippen LogP contribution in [0, 0.1) is 5.92 Å². The number of rotatable bonds is 9. The van der Waals surface area contributed by atoms with Crippen molar-refractivity contribution >= 4 is 14.3 Å². The number of hydrogen-bond acceptors (Lipinski definition) is 4. The summed E-state index contributed by atoms with van der Waals surface area (Å²) in [5, 5.41) is 0.0788. The van der Waals surface area contributed by atoms with Crippen molar-refractivity contribution in [3.05, 3.63) is 0 Å². The van der Waals surface area contributed by atoms with Gasteiger partial charge in [-0.1, -0.05) is 40.5 Å². The first-order valence-corrected chi connectivity index (χ1v) is 11.0. The number of unbranched alkanes of at least 4 members (excludes halogenated alkanes) is 1. The van der Waals surface area contributed by atoms with Gasteiger partial charge < -0.3 is 4.74 Å². The largest absolute Gasteiger partial charge is 0.466 e. The molecule has 0 fully saturated rings. The Labute approximate surface area is 131 Å². The van der Waals surface area contributed by atoms with Gasteiger partial charge in [0.25, 0.3) is 0 Å². The molecule has 0 rings (SSSR count). The maximum Gasteiger partial charge on any atom is 0.311 e. The topological polar surface area (TPSA) is 44.8 Å². The lowest BCUT2D eigenvalue weighted by Crippen LogP contribution is -2.43. The Hall–Kier alpha value is -0.393. The minimum Gasteiger partial charge on any atom is -0.466 e. The lowest BCUT2D eigenvalue weighted by molar-refractivity contribution is -0.271. The minimum atomic E-state index is -1.98. The van der Waals surface area contributed by atoms with Crippen LogP contribution < -0.4 is 0 Å². The monoisotopic (exact) mass is 318 g/mol. The normalized spacial score (nSPS) is 15.6. The molecular weight excluding hydrogens is 284 g/mol. The van der Waals surface area contributed by atoms with Crippen LogP contribution in [0.25, 0.3) is 0 Å². The molecule has 0 aliphatic rings. The Morgan fingerprint density at radius 3 is 2.19 bits per heavy atom. The third-order valence-electron chi connectivity index (χ3n) is 4.24. The highest BCUT2D eigenvalue weighted by Crippen LogP contribution is 2.37. The summed E-state index contributed by atoms with van der Waals surface area (Å²) in [5.74, 6) is -0.515. The van der Waals surface area contributed by atoms with Gasteiger partial charge in [0, 0.05) is 0 Å². The number of carbonyl (C=O) groups is 1. The summed E-state index contributed by atoms with van der Waals surface area (Å²) >= 11 is 0. The molecule has 0 bridgehead atoms. The highest BCUT2D eigenvalue weighted by molar-refractivity contribution is 6.73. The molecule has 0 aromatic carbocycles. The van der Waals surface area contributed by atoms with Gasteiger partial charge in [0.2, 0.25) is 8.32 Å². The van der Waals surface area contributed by atoms with Gasteiger partial charge in [0.15, 0.2) is 0 Å². The zero-order valence-electron chi connectivity index (χ0n) is 15.1. The van der Waals surface area contributed by atoms with E-state index < -0.39 is 8.32 Å². The first kappa shape index (κ1) is 20.6. The van der Waals surface area contributed by atoms with Crippen LogP contribution in [-0.2, 0) is 19.0 Å². The van der Waals surface area contributed by atoms with Crippen molar-refractivity contribution in [2.45, 2.75) is 85.0 Å². The second-order valence-electron chi connectivity index (χ2n) is 7.16. The fraction of sp³-hybridized carbons (Fsp3) is 0.938. The Morgan fingerprint density at radius 1 is 1.19 bits per heavy atom. The van der Waals surface area contributed by atoms with Crippen LogP contribution in [0.15, 0.2) is 0 Å². The molecule has 0 aromatic heterocycles. The molecule has 0 aliphatic heterocycles. The Morgan fingerprint density at radius 2 is 1.76 bits per heavy atom. The van der Waals surface area contributed by atoms with Crippen LogP contribution in [0.1, 0.15) is 60.8 Å². The van der Waals surface area contributed by atoms with E-state index in [9.17, 15) is 4.79 Å². The smallest absolute Gasteiger partial charge is 0.311 e. The maximum absolute atomic E-state index is 11.9. The molecule has 4 nitrogen and oxygen atoms in total. The summed E-state index contributed by atoms with van der Waals surface area (Å²) < 4.78 is 10.9. The molecule has 0 saturated heterocycles. The summed E-state index contributed by atoms with van der Waals surface area (Å²) in [5.41, 5.74) is 0. The first-order valence-electron chi connectivity index (χ1n) is 8.08. The van der Waals surface area contributed by atoms with Gasteiger partial charge >= 0.3 is 5.97 Å². The minimum absolute atomic E-state index is 0.0788. The van der Waals surface area contributed by atoms with Gasteiger partial charge in [-0.3, -0.25) is 9.37 Å². The van der Waals surface area contributed by atoms with Gasteiger partial charge in [0.05, 0.1) is 12.5 Å². The third-order valence-corrected chi connectivity index (χ3v) is 8.37.